The molecule has 2 aromatic rings. The Balaban J connectivity index is 2.26. The third-order valence-corrected chi connectivity index (χ3v) is 2.48. The first-order valence-electron chi connectivity index (χ1n) is 5.71. The van der Waals surface area contributed by atoms with Gasteiger partial charge in [0.2, 0.25) is 5.91 Å². The van der Waals surface area contributed by atoms with Gasteiger partial charge in [-0.05, 0) is 24.1 Å². The van der Waals surface area contributed by atoms with Crippen LogP contribution in [0.1, 0.15) is 18.2 Å². The summed E-state index contributed by atoms with van der Waals surface area (Å²) in [6.07, 6.45) is 3.05. The van der Waals surface area contributed by atoms with Crippen molar-refractivity contribution in [3.05, 3.63) is 46.9 Å². The maximum absolute atomic E-state index is 11.0. The molecule has 3 N–H and O–H groups in total. The van der Waals surface area contributed by atoms with Crippen LogP contribution in [0.15, 0.2) is 30.6 Å². The van der Waals surface area contributed by atoms with Crippen LogP contribution in [0.4, 0.5) is 11.5 Å². The zero-order valence-electron chi connectivity index (χ0n) is 10.6. The van der Waals surface area contributed by atoms with Gasteiger partial charge in [-0.15, -0.1) is 0 Å². The molecule has 0 bridgehead atoms. The lowest BCUT2D eigenvalue weighted by Crippen LogP contribution is -2.07. The van der Waals surface area contributed by atoms with Crippen LogP contribution in [0.5, 0.6) is 0 Å². The van der Waals surface area contributed by atoms with Crippen LogP contribution < -0.4 is 11.1 Å². The zero-order valence-corrected chi connectivity index (χ0v) is 11.4. The SMILES string of the molecule is CC(=O)Nc1cc(C#Cc2ncc(Cl)cc2N)ccn1. The largest absolute Gasteiger partial charge is 0.396 e. The van der Waals surface area contributed by atoms with Crippen molar-refractivity contribution in [2.75, 3.05) is 11.1 Å². The number of amides is 1. The summed E-state index contributed by atoms with van der Waals surface area (Å²) in [5.74, 6) is 6.02. The number of carbonyl (C=O) groups excluding carboxylic acids is 1. The van der Waals surface area contributed by atoms with Gasteiger partial charge in [0.25, 0.3) is 0 Å². The van der Waals surface area contributed by atoms with Crippen molar-refractivity contribution >= 4 is 29.0 Å². The number of halogens is 1. The normalized spacial score (nSPS) is 9.50. The van der Waals surface area contributed by atoms with Crippen molar-refractivity contribution in [1.29, 1.82) is 0 Å². The lowest BCUT2D eigenvalue weighted by atomic mass is 10.2. The minimum absolute atomic E-state index is 0.189. The highest BCUT2D eigenvalue weighted by atomic mass is 35.5. The summed E-state index contributed by atoms with van der Waals surface area (Å²) in [7, 11) is 0. The van der Waals surface area contributed by atoms with Gasteiger partial charge < -0.3 is 11.1 Å². The minimum Gasteiger partial charge on any atom is -0.396 e. The van der Waals surface area contributed by atoms with Crippen molar-refractivity contribution in [3.8, 4) is 11.8 Å². The predicted molar refractivity (Wildman–Crippen MR) is 78.2 cm³/mol. The van der Waals surface area contributed by atoms with Gasteiger partial charge in [-0.2, -0.15) is 0 Å². The quantitative estimate of drug-likeness (QED) is 0.787. The van der Waals surface area contributed by atoms with Gasteiger partial charge in [0, 0.05) is 24.9 Å². The topological polar surface area (TPSA) is 80.9 Å². The molecule has 0 aliphatic carbocycles. The van der Waals surface area contributed by atoms with Crippen molar-refractivity contribution in [3.63, 3.8) is 0 Å². The molecular formula is C14H11ClN4O. The van der Waals surface area contributed by atoms with Crippen LogP contribution in [-0.2, 0) is 4.79 Å². The van der Waals surface area contributed by atoms with Gasteiger partial charge in [0.05, 0.1) is 10.7 Å². The third-order valence-electron chi connectivity index (χ3n) is 2.27. The van der Waals surface area contributed by atoms with E-state index < -0.39 is 0 Å². The number of nitrogen functional groups attached to an aromatic ring is 1. The van der Waals surface area contributed by atoms with Gasteiger partial charge in [-0.1, -0.05) is 17.5 Å². The molecule has 0 aliphatic heterocycles. The molecule has 2 heterocycles. The number of hydrogen-bond acceptors (Lipinski definition) is 4. The number of nitrogens with zero attached hydrogens (tertiary/aromatic N) is 2. The van der Waals surface area contributed by atoms with Crippen LogP contribution in [0, 0.1) is 11.8 Å². The molecule has 2 aromatic heterocycles. The number of nitrogens with two attached hydrogens (primary N) is 1. The molecule has 6 heteroatoms. The molecule has 20 heavy (non-hydrogen) atoms. The molecule has 1 amide bonds. The van der Waals surface area contributed by atoms with E-state index in [2.05, 4.69) is 27.1 Å². The second-order valence-corrected chi connectivity index (χ2v) is 4.39. The van der Waals surface area contributed by atoms with Gasteiger partial charge in [0.15, 0.2) is 0 Å². The Morgan fingerprint density at radius 3 is 2.85 bits per heavy atom. The Kier molecular flexibility index (Phi) is 4.18. The molecule has 0 saturated heterocycles. The zero-order chi connectivity index (χ0) is 14.5. The molecule has 5 nitrogen and oxygen atoms in total. The lowest BCUT2D eigenvalue weighted by Gasteiger charge is -2.00. The van der Waals surface area contributed by atoms with Crippen molar-refractivity contribution in [2.24, 2.45) is 0 Å². The van der Waals surface area contributed by atoms with Gasteiger partial charge in [-0.3, -0.25) is 4.79 Å². The minimum atomic E-state index is -0.189. The highest BCUT2D eigenvalue weighted by molar-refractivity contribution is 6.30. The lowest BCUT2D eigenvalue weighted by molar-refractivity contribution is -0.114. The highest BCUT2D eigenvalue weighted by Gasteiger charge is 1.99. The fourth-order valence-corrected chi connectivity index (χ4v) is 1.61. The van der Waals surface area contributed by atoms with E-state index in [1.807, 2.05) is 0 Å². The number of anilines is 2. The number of aromatic nitrogens is 2. The number of nitrogens with one attached hydrogen (secondary N) is 1. The predicted octanol–water partition coefficient (Wildman–Crippen LogP) is 2.07. The summed E-state index contributed by atoms with van der Waals surface area (Å²) in [4.78, 5) is 19.0. The number of pyridine rings is 2. The molecule has 2 rings (SSSR count). The van der Waals surface area contributed by atoms with Crippen LogP contribution in [0.3, 0.4) is 0 Å². The molecule has 100 valence electrons. The van der Waals surface area contributed by atoms with E-state index in [-0.39, 0.29) is 5.91 Å². The highest BCUT2D eigenvalue weighted by Crippen LogP contribution is 2.14. The van der Waals surface area contributed by atoms with Crippen LogP contribution in [-0.4, -0.2) is 15.9 Å². The summed E-state index contributed by atoms with van der Waals surface area (Å²) in [5, 5.41) is 3.05. The number of rotatable bonds is 1. The number of hydrogen-bond donors (Lipinski definition) is 2. The number of carbonyl (C=O) groups is 1. The fourth-order valence-electron chi connectivity index (χ4n) is 1.45. The molecule has 0 atom stereocenters. The van der Waals surface area contributed by atoms with Gasteiger partial charge in [0.1, 0.15) is 11.5 Å². The molecule has 0 fully saturated rings. The first kappa shape index (κ1) is 13.8. The van der Waals surface area contributed by atoms with E-state index in [0.29, 0.717) is 27.8 Å². The second-order valence-electron chi connectivity index (χ2n) is 3.95. The standard InChI is InChI=1S/C14H11ClN4O/c1-9(20)19-14-6-10(4-5-17-14)2-3-13-12(16)7-11(15)8-18-13/h4-8H,16H2,1H3,(H,17,19,20). The van der Waals surface area contributed by atoms with E-state index in [9.17, 15) is 4.79 Å². The van der Waals surface area contributed by atoms with E-state index in [1.54, 1.807) is 24.4 Å². The second kappa shape index (κ2) is 6.04. The van der Waals surface area contributed by atoms with Crippen molar-refractivity contribution in [1.82, 2.24) is 9.97 Å². The molecule has 0 aromatic carbocycles. The smallest absolute Gasteiger partial charge is 0.222 e. The van der Waals surface area contributed by atoms with Crippen LogP contribution in [0.2, 0.25) is 5.02 Å². The van der Waals surface area contributed by atoms with Gasteiger partial charge in [-0.25, -0.2) is 9.97 Å². The first-order valence-corrected chi connectivity index (χ1v) is 6.09. The molecule has 0 saturated carbocycles. The van der Waals surface area contributed by atoms with Gasteiger partial charge >= 0.3 is 0 Å². The van der Waals surface area contributed by atoms with E-state index >= 15 is 0 Å². The average molecular weight is 287 g/mol. The molecule has 0 spiro atoms. The Labute approximate surface area is 121 Å². The Bertz CT molecular complexity index is 719. The van der Waals surface area contributed by atoms with Crippen LogP contribution in [0.25, 0.3) is 0 Å². The van der Waals surface area contributed by atoms with E-state index in [4.69, 9.17) is 17.3 Å². The van der Waals surface area contributed by atoms with E-state index in [0.717, 1.165) is 0 Å². The van der Waals surface area contributed by atoms with Crippen LogP contribution >= 0.6 is 11.6 Å². The molecule has 0 unspecified atom stereocenters. The summed E-state index contributed by atoms with van der Waals surface area (Å²) in [6.45, 7) is 1.42. The monoisotopic (exact) mass is 286 g/mol. The maximum Gasteiger partial charge on any atom is 0.222 e. The third kappa shape index (κ3) is 3.70. The Morgan fingerprint density at radius 2 is 2.15 bits per heavy atom. The maximum atomic E-state index is 11.0. The summed E-state index contributed by atoms with van der Waals surface area (Å²) >= 11 is 5.76. The molecule has 0 aliphatic rings. The Morgan fingerprint density at radius 1 is 1.35 bits per heavy atom. The van der Waals surface area contributed by atoms with Crippen molar-refractivity contribution in [2.45, 2.75) is 6.92 Å². The average Bonchev–Trinajstić information content (AvgIpc) is 2.37. The van der Waals surface area contributed by atoms with E-state index in [1.165, 1.54) is 13.1 Å². The first-order chi connectivity index (χ1) is 9.54. The fraction of sp³-hybridized carbons (Fsp3) is 0.0714. The van der Waals surface area contributed by atoms with Crippen molar-refractivity contribution < 1.29 is 4.79 Å². The summed E-state index contributed by atoms with van der Waals surface area (Å²) in [5.41, 5.74) is 7.33. The summed E-state index contributed by atoms with van der Waals surface area (Å²) in [6, 6.07) is 4.98. The molecular weight excluding hydrogens is 276 g/mol. The summed E-state index contributed by atoms with van der Waals surface area (Å²) < 4.78 is 0. The molecule has 0 radical (unpaired) electrons. The Hall–Kier alpha value is -2.58.